The lowest BCUT2D eigenvalue weighted by Crippen LogP contribution is -2.30. The molecule has 1 aromatic carbocycles. The maximum absolute atomic E-state index is 11.6. The Morgan fingerprint density at radius 3 is 2.78 bits per heavy atom. The van der Waals surface area contributed by atoms with Gasteiger partial charge >= 0.3 is 0 Å². The Morgan fingerprint density at radius 2 is 2.11 bits per heavy atom. The lowest BCUT2D eigenvalue weighted by Gasteiger charge is -2.15. The minimum absolute atomic E-state index is 0.276. The normalized spacial score (nSPS) is 18.9. The molecule has 0 aliphatic carbocycles. The summed E-state index contributed by atoms with van der Waals surface area (Å²) in [5.41, 5.74) is 1.15. The minimum Gasteiger partial charge on any atom is -0.492 e. The van der Waals surface area contributed by atoms with Crippen molar-refractivity contribution < 1.29 is 13.2 Å². The number of benzene rings is 1. The molecule has 1 aromatic rings. The average Bonchev–Trinajstić information content (AvgIpc) is 2.69. The fourth-order valence-electron chi connectivity index (χ4n) is 2.14. The van der Waals surface area contributed by atoms with Gasteiger partial charge in [0.15, 0.2) is 0 Å². The van der Waals surface area contributed by atoms with Gasteiger partial charge < -0.3 is 4.74 Å². The molecule has 18 heavy (non-hydrogen) atoms. The molecule has 5 heteroatoms. The van der Waals surface area contributed by atoms with Crippen molar-refractivity contribution in [1.82, 2.24) is 4.31 Å². The van der Waals surface area contributed by atoms with Crippen molar-refractivity contribution in [2.45, 2.75) is 19.8 Å². The van der Waals surface area contributed by atoms with Gasteiger partial charge in [-0.15, -0.1) is 0 Å². The SMILES string of the molecule is CCc1ccccc1OCCN1CCCS1(=O)=O. The van der Waals surface area contributed by atoms with Crippen molar-refractivity contribution in [2.75, 3.05) is 25.4 Å². The molecule has 0 N–H and O–H groups in total. The van der Waals surface area contributed by atoms with Crippen LogP contribution in [0.15, 0.2) is 24.3 Å². The Hall–Kier alpha value is -1.07. The van der Waals surface area contributed by atoms with E-state index < -0.39 is 10.0 Å². The number of para-hydroxylation sites is 1. The molecule has 0 atom stereocenters. The largest absolute Gasteiger partial charge is 0.492 e. The van der Waals surface area contributed by atoms with Crippen LogP contribution in [0.1, 0.15) is 18.9 Å². The van der Waals surface area contributed by atoms with E-state index in [4.69, 9.17) is 4.74 Å². The molecule has 1 heterocycles. The Morgan fingerprint density at radius 1 is 1.33 bits per heavy atom. The molecule has 0 aromatic heterocycles. The molecule has 100 valence electrons. The summed E-state index contributed by atoms with van der Waals surface area (Å²) in [6.45, 7) is 3.56. The van der Waals surface area contributed by atoms with Crippen LogP contribution in [0.5, 0.6) is 5.75 Å². The summed E-state index contributed by atoms with van der Waals surface area (Å²) in [5.74, 6) is 1.13. The molecule has 0 spiro atoms. The molecule has 1 fully saturated rings. The van der Waals surface area contributed by atoms with Crippen molar-refractivity contribution in [3.63, 3.8) is 0 Å². The van der Waals surface area contributed by atoms with Crippen LogP contribution < -0.4 is 4.74 Å². The highest BCUT2D eigenvalue weighted by molar-refractivity contribution is 7.89. The van der Waals surface area contributed by atoms with Crippen LogP contribution in [-0.4, -0.2) is 38.2 Å². The predicted octanol–water partition coefficient (Wildman–Crippen LogP) is 1.66. The van der Waals surface area contributed by atoms with E-state index in [1.165, 1.54) is 4.31 Å². The summed E-state index contributed by atoms with van der Waals surface area (Å²) < 4.78 is 30.4. The molecule has 1 aliphatic heterocycles. The van der Waals surface area contributed by atoms with E-state index in [2.05, 4.69) is 6.92 Å². The highest BCUT2D eigenvalue weighted by Crippen LogP contribution is 2.19. The van der Waals surface area contributed by atoms with Crippen molar-refractivity contribution >= 4 is 10.0 Å². The molecular weight excluding hydrogens is 250 g/mol. The standard InChI is InChI=1S/C13H19NO3S/c1-2-12-6-3-4-7-13(12)17-10-9-14-8-5-11-18(14,15)16/h3-4,6-7H,2,5,8-11H2,1H3. The monoisotopic (exact) mass is 269 g/mol. The lowest BCUT2D eigenvalue weighted by atomic mass is 10.1. The first-order valence-corrected chi connectivity index (χ1v) is 7.93. The van der Waals surface area contributed by atoms with Crippen LogP contribution in [0.4, 0.5) is 0 Å². The second-order valence-corrected chi connectivity index (χ2v) is 6.47. The number of hydrogen-bond donors (Lipinski definition) is 0. The third-order valence-electron chi connectivity index (χ3n) is 3.15. The quantitative estimate of drug-likeness (QED) is 0.817. The first-order valence-electron chi connectivity index (χ1n) is 6.32. The van der Waals surface area contributed by atoms with E-state index in [-0.39, 0.29) is 5.75 Å². The first-order chi connectivity index (χ1) is 8.63. The Bertz CT molecular complexity index is 499. The fourth-order valence-corrected chi connectivity index (χ4v) is 3.65. The molecular formula is C13H19NO3S. The second kappa shape index (κ2) is 5.71. The lowest BCUT2D eigenvalue weighted by molar-refractivity contribution is 0.277. The third kappa shape index (κ3) is 3.03. The highest BCUT2D eigenvalue weighted by atomic mass is 32.2. The summed E-state index contributed by atoms with van der Waals surface area (Å²) in [5, 5.41) is 0. The Balaban J connectivity index is 1.89. The molecule has 0 amide bonds. The zero-order valence-electron chi connectivity index (χ0n) is 10.6. The highest BCUT2D eigenvalue weighted by Gasteiger charge is 2.27. The molecule has 1 saturated heterocycles. The van der Waals surface area contributed by atoms with Crippen molar-refractivity contribution in [3.8, 4) is 5.75 Å². The van der Waals surface area contributed by atoms with Crippen LogP contribution in [-0.2, 0) is 16.4 Å². The Labute approximate surface area is 109 Å². The van der Waals surface area contributed by atoms with E-state index in [1.54, 1.807) is 0 Å². The molecule has 2 rings (SSSR count). The van der Waals surface area contributed by atoms with Crippen LogP contribution in [0.25, 0.3) is 0 Å². The molecule has 4 nitrogen and oxygen atoms in total. The van der Waals surface area contributed by atoms with Gasteiger partial charge in [0, 0.05) is 13.1 Å². The van der Waals surface area contributed by atoms with Gasteiger partial charge in [0.05, 0.1) is 5.75 Å². The number of sulfonamides is 1. The minimum atomic E-state index is -3.00. The number of ether oxygens (including phenoxy) is 1. The smallest absolute Gasteiger partial charge is 0.214 e. The van der Waals surface area contributed by atoms with Crippen LogP contribution >= 0.6 is 0 Å². The molecule has 0 radical (unpaired) electrons. The predicted molar refractivity (Wildman–Crippen MR) is 71.3 cm³/mol. The van der Waals surface area contributed by atoms with Gasteiger partial charge in [-0.05, 0) is 24.5 Å². The second-order valence-electron chi connectivity index (χ2n) is 4.38. The van der Waals surface area contributed by atoms with Gasteiger partial charge in [0.1, 0.15) is 12.4 Å². The van der Waals surface area contributed by atoms with E-state index in [0.29, 0.717) is 19.7 Å². The number of rotatable bonds is 5. The fraction of sp³-hybridized carbons (Fsp3) is 0.538. The van der Waals surface area contributed by atoms with Crippen LogP contribution in [0, 0.1) is 0 Å². The van der Waals surface area contributed by atoms with Crippen molar-refractivity contribution in [3.05, 3.63) is 29.8 Å². The summed E-state index contributed by atoms with van der Waals surface area (Å²) >= 11 is 0. The summed E-state index contributed by atoms with van der Waals surface area (Å²) in [6.07, 6.45) is 1.64. The van der Waals surface area contributed by atoms with Crippen LogP contribution in [0.3, 0.4) is 0 Å². The molecule has 0 saturated carbocycles. The first kappa shape index (κ1) is 13.4. The van der Waals surface area contributed by atoms with E-state index >= 15 is 0 Å². The third-order valence-corrected chi connectivity index (χ3v) is 5.11. The van der Waals surface area contributed by atoms with Gasteiger partial charge in [-0.2, -0.15) is 4.31 Å². The maximum Gasteiger partial charge on any atom is 0.214 e. The van der Waals surface area contributed by atoms with E-state index in [0.717, 1.165) is 24.2 Å². The molecule has 0 unspecified atom stereocenters. The van der Waals surface area contributed by atoms with Gasteiger partial charge in [-0.3, -0.25) is 0 Å². The zero-order valence-corrected chi connectivity index (χ0v) is 11.4. The number of hydrogen-bond acceptors (Lipinski definition) is 3. The van der Waals surface area contributed by atoms with Crippen molar-refractivity contribution in [1.29, 1.82) is 0 Å². The molecule has 1 aliphatic rings. The number of nitrogens with zero attached hydrogens (tertiary/aromatic N) is 1. The maximum atomic E-state index is 11.6. The Kier molecular flexibility index (Phi) is 4.24. The van der Waals surface area contributed by atoms with Crippen LogP contribution in [0.2, 0.25) is 0 Å². The summed E-state index contributed by atoms with van der Waals surface area (Å²) in [4.78, 5) is 0. The average molecular weight is 269 g/mol. The molecule has 0 bridgehead atoms. The van der Waals surface area contributed by atoms with Gasteiger partial charge in [0.25, 0.3) is 0 Å². The van der Waals surface area contributed by atoms with Crippen molar-refractivity contribution in [2.24, 2.45) is 0 Å². The topological polar surface area (TPSA) is 46.6 Å². The van der Waals surface area contributed by atoms with Gasteiger partial charge in [-0.1, -0.05) is 25.1 Å². The summed E-state index contributed by atoms with van der Waals surface area (Å²) in [7, 11) is -3.00. The zero-order chi connectivity index (χ0) is 13.0. The van der Waals surface area contributed by atoms with Gasteiger partial charge in [0.2, 0.25) is 10.0 Å². The van der Waals surface area contributed by atoms with Gasteiger partial charge in [-0.25, -0.2) is 8.42 Å². The summed E-state index contributed by atoms with van der Waals surface area (Å²) in [6, 6.07) is 7.87. The van der Waals surface area contributed by atoms with E-state index in [9.17, 15) is 8.42 Å². The van der Waals surface area contributed by atoms with E-state index in [1.807, 2.05) is 24.3 Å². The number of aryl methyl sites for hydroxylation is 1.